The van der Waals surface area contributed by atoms with Crippen LogP contribution in [0.2, 0.25) is 0 Å². The number of piperidine rings is 1. The molecule has 2 aromatic rings. The van der Waals surface area contributed by atoms with Crippen LogP contribution in [0, 0.1) is 11.2 Å². The Balaban J connectivity index is 1.69. The summed E-state index contributed by atoms with van der Waals surface area (Å²) in [5.74, 6) is 0.845. The maximum absolute atomic E-state index is 13.4. The van der Waals surface area contributed by atoms with Gasteiger partial charge in [0.15, 0.2) is 0 Å². The lowest BCUT2D eigenvalue weighted by atomic mass is 9.74. The van der Waals surface area contributed by atoms with Gasteiger partial charge in [0, 0.05) is 31.3 Å². The maximum atomic E-state index is 13.4. The molecule has 0 bridgehead atoms. The Bertz CT molecular complexity index is 671. The lowest BCUT2D eigenvalue weighted by Crippen LogP contribution is -2.44. The predicted molar refractivity (Wildman–Crippen MR) is 87.5 cm³/mol. The average Bonchev–Trinajstić information content (AvgIpc) is 2.55. The van der Waals surface area contributed by atoms with Crippen LogP contribution >= 0.6 is 0 Å². The number of nitrogen functional groups attached to an aromatic ring is 1. The minimum Gasteiger partial charge on any atom is -0.396 e. The molecule has 3 N–H and O–H groups in total. The molecule has 2 heterocycles. The number of aliphatic hydroxyl groups excluding tert-OH is 1. The summed E-state index contributed by atoms with van der Waals surface area (Å²) in [5, 5.41) is 9.91. The van der Waals surface area contributed by atoms with Crippen LogP contribution in [-0.2, 0) is 6.42 Å². The van der Waals surface area contributed by atoms with Gasteiger partial charge in [0.1, 0.15) is 11.6 Å². The highest BCUT2D eigenvalue weighted by Crippen LogP contribution is 2.35. The molecule has 5 nitrogen and oxygen atoms in total. The molecule has 122 valence electrons. The third-order valence-electron chi connectivity index (χ3n) is 4.57. The second-order valence-corrected chi connectivity index (χ2v) is 6.23. The van der Waals surface area contributed by atoms with Crippen LogP contribution in [0.15, 0.2) is 36.5 Å². The van der Waals surface area contributed by atoms with Gasteiger partial charge < -0.3 is 15.7 Å². The summed E-state index contributed by atoms with van der Waals surface area (Å²) in [5.41, 5.74) is 6.41. The molecule has 0 unspecified atom stereocenters. The zero-order valence-electron chi connectivity index (χ0n) is 13.0. The van der Waals surface area contributed by atoms with Crippen molar-refractivity contribution in [3.05, 3.63) is 47.9 Å². The van der Waals surface area contributed by atoms with Crippen molar-refractivity contribution >= 4 is 11.8 Å². The molecule has 0 radical (unpaired) electrons. The fourth-order valence-electron chi connectivity index (χ4n) is 3.17. The van der Waals surface area contributed by atoms with E-state index in [0.717, 1.165) is 31.5 Å². The van der Waals surface area contributed by atoms with Gasteiger partial charge in [0.05, 0.1) is 0 Å². The minimum absolute atomic E-state index is 0.0924. The van der Waals surface area contributed by atoms with Gasteiger partial charge in [0.25, 0.3) is 0 Å². The van der Waals surface area contributed by atoms with Crippen molar-refractivity contribution in [2.24, 2.45) is 5.41 Å². The maximum Gasteiger partial charge on any atom is 0.227 e. The molecule has 1 aliphatic rings. The lowest BCUT2D eigenvalue weighted by Gasteiger charge is -2.41. The zero-order chi connectivity index (χ0) is 16.3. The van der Waals surface area contributed by atoms with E-state index in [1.165, 1.54) is 6.07 Å². The first-order valence-electron chi connectivity index (χ1n) is 7.79. The number of aliphatic hydroxyl groups is 1. The van der Waals surface area contributed by atoms with Crippen LogP contribution in [0.5, 0.6) is 0 Å². The molecule has 0 atom stereocenters. The standard InChI is InChI=1S/C17H21FN4O/c18-14-3-1-2-13(10-14)11-17(12-23)5-8-22(9-6-17)16-20-7-4-15(19)21-16/h1-4,7,10,23H,5-6,8-9,11-12H2,(H2,19,20,21). The van der Waals surface area contributed by atoms with Gasteiger partial charge in [-0.1, -0.05) is 12.1 Å². The SMILES string of the molecule is Nc1ccnc(N2CCC(CO)(Cc3cccc(F)c3)CC2)n1. The fraction of sp³-hybridized carbons (Fsp3) is 0.412. The van der Waals surface area contributed by atoms with E-state index in [-0.39, 0.29) is 17.8 Å². The van der Waals surface area contributed by atoms with Crippen molar-refractivity contribution in [1.82, 2.24) is 9.97 Å². The number of halogens is 1. The van der Waals surface area contributed by atoms with Crippen molar-refractivity contribution in [1.29, 1.82) is 0 Å². The third-order valence-corrected chi connectivity index (χ3v) is 4.57. The first-order chi connectivity index (χ1) is 11.1. The second-order valence-electron chi connectivity index (χ2n) is 6.23. The van der Waals surface area contributed by atoms with Gasteiger partial charge in [-0.25, -0.2) is 9.37 Å². The molecular formula is C17H21FN4O. The smallest absolute Gasteiger partial charge is 0.227 e. The van der Waals surface area contributed by atoms with Crippen LogP contribution < -0.4 is 10.6 Å². The molecule has 1 aromatic heterocycles. The number of benzene rings is 1. The number of anilines is 2. The summed E-state index contributed by atoms with van der Waals surface area (Å²) >= 11 is 0. The van der Waals surface area contributed by atoms with Crippen LogP contribution in [0.3, 0.4) is 0 Å². The lowest BCUT2D eigenvalue weighted by molar-refractivity contribution is 0.0958. The van der Waals surface area contributed by atoms with E-state index in [2.05, 4.69) is 14.9 Å². The van der Waals surface area contributed by atoms with Crippen molar-refractivity contribution in [3.63, 3.8) is 0 Å². The molecule has 1 aliphatic heterocycles. The molecule has 6 heteroatoms. The summed E-state index contributed by atoms with van der Waals surface area (Å²) in [7, 11) is 0. The largest absolute Gasteiger partial charge is 0.396 e. The predicted octanol–water partition coefficient (Wildman–Crippen LogP) is 2.02. The zero-order valence-corrected chi connectivity index (χ0v) is 13.0. The highest BCUT2D eigenvalue weighted by Gasteiger charge is 2.35. The Labute approximate surface area is 135 Å². The Morgan fingerprint density at radius 1 is 1.26 bits per heavy atom. The van der Waals surface area contributed by atoms with Gasteiger partial charge in [-0.05, 0) is 43.0 Å². The van der Waals surface area contributed by atoms with Crippen LogP contribution in [0.4, 0.5) is 16.2 Å². The molecule has 23 heavy (non-hydrogen) atoms. The number of nitrogens with two attached hydrogens (primary N) is 1. The van der Waals surface area contributed by atoms with Crippen LogP contribution in [-0.4, -0.2) is 34.8 Å². The molecule has 1 aromatic carbocycles. The number of hydrogen-bond donors (Lipinski definition) is 2. The molecule has 0 saturated carbocycles. The second kappa shape index (κ2) is 6.50. The van der Waals surface area contributed by atoms with Gasteiger partial charge in [0.2, 0.25) is 5.95 Å². The van der Waals surface area contributed by atoms with E-state index in [1.807, 2.05) is 6.07 Å². The van der Waals surface area contributed by atoms with Crippen molar-refractivity contribution in [2.45, 2.75) is 19.3 Å². The molecule has 0 aliphatic carbocycles. The van der Waals surface area contributed by atoms with E-state index in [4.69, 9.17) is 5.73 Å². The average molecular weight is 316 g/mol. The van der Waals surface area contributed by atoms with E-state index >= 15 is 0 Å². The van der Waals surface area contributed by atoms with Crippen molar-refractivity contribution in [2.75, 3.05) is 30.3 Å². The summed E-state index contributed by atoms with van der Waals surface area (Å²) in [6.45, 7) is 1.59. The van der Waals surface area contributed by atoms with Crippen molar-refractivity contribution in [3.8, 4) is 0 Å². The topological polar surface area (TPSA) is 75.3 Å². The number of hydrogen-bond acceptors (Lipinski definition) is 5. The van der Waals surface area contributed by atoms with Crippen molar-refractivity contribution < 1.29 is 9.50 Å². The summed E-state index contributed by atoms with van der Waals surface area (Å²) in [4.78, 5) is 10.6. The van der Waals surface area contributed by atoms with Gasteiger partial charge in [-0.3, -0.25) is 0 Å². The first kappa shape index (κ1) is 15.7. The minimum atomic E-state index is -0.235. The molecule has 0 spiro atoms. The first-order valence-corrected chi connectivity index (χ1v) is 7.79. The number of rotatable bonds is 4. The quantitative estimate of drug-likeness (QED) is 0.902. The van der Waals surface area contributed by atoms with Gasteiger partial charge >= 0.3 is 0 Å². The van der Waals surface area contributed by atoms with Crippen LogP contribution in [0.1, 0.15) is 18.4 Å². The molecule has 1 fully saturated rings. The number of aromatic nitrogens is 2. The monoisotopic (exact) mass is 316 g/mol. The Kier molecular flexibility index (Phi) is 4.43. The van der Waals surface area contributed by atoms with Gasteiger partial charge in [-0.2, -0.15) is 4.98 Å². The fourth-order valence-corrected chi connectivity index (χ4v) is 3.17. The Hall–Kier alpha value is -2.21. The van der Waals surface area contributed by atoms with Gasteiger partial charge in [-0.15, -0.1) is 0 Å². The molecule has 0 amide bonds. The number of nitrogens with zero attached hydrogens (tertiary/aromatic N) is 3. The van der Waals surface area contributed by atoms with E-state index < -0.39 is 0 Å². The van der Waals surface area contributed by atoms with Crippen LogP contribution in [0.25, 0.3) is 0 Å². The molecule has 3 rings (SSSR count). The third kappa shape index (κ3) is 3.59. The Morgan fingerprint density at radius 3 is 2.70 bits per heavy atom. The normalized spacial score (nSPS) is 17.2. The Morgan fingerprint density at radius 2 is 2.04 bits per heavy atom. The highest BCUT2D eigenvalue weighted by molar-refractivity contribution is 5.38. The van der Waals surface area contributed by atoms with E-state index in [9.17, 15) is 9.50 Å². The van der Waals surface area contributed by atoms with E-state index in [0.29, 0.717) is 18.2 Å². The highest BCUT2D eigenvalue weighted by atomic mass is 19.1. The summed E-state index contributed by atoms with van der Waals surface area (Å²) in [6, 6.07) is 8.27. The summed E-state index contributed by atoms with van der Waals surface area (Å²) in [6.07, 6.45) is 3.93. The molecule has 1 saturated heterocycles. The van der Waals surface area contributed by atoms with E-state index in [1.54, 1.807) is 24.4 Å². The summed E-state index contributed by atoms with van der Waals surface area (Å²) < 4.78 is 13.4. The molecular weight excluding hydrogens is 295 g/mol.